The summed E-state index contributed by atoms with van der Waals surface area (Å²) in [5.74, 6) is 0.554. The van der Waals surface area contributed by atoms with Gasteiger partial charge in [-0.3, -0.25) is 9.59 Å². The van der Waals surface area contributed by atoms with E-state index in [0.29, 0.717) is 49.0 Å². The van der Waals surface area contributed by atoms with E-state index in [-0.39, 0.29) is 11.8 Å². The minimum Gasteiger partial charge on any atom is -0.337 e. The molecular formula is C20H20N6O3. The highest BCUT2D eigenvalue weighted by atomic mass is 16.5. The Morgan fingerprint density at radius 3 is 2.59 bits per heavy atom. The zero-order valence-corrected chi connectivity index (χ0v) is 15.9. The van der Waals surface area contributed by atoms with Crippen molar-refractivity contribution in [3.05, 3.63) is 71.9 Å². The van der Waals surface area contributed by atoms with Gasteiger partial charge in [-0.15, -0.1) is 0 Å². The minimum atomic E-state index is -0.410. The first kappa shape index (κ1) is 18.7. The van der Waals surface area contributed by atoms with Crippen LogP contribution < -0.4 is 0 Å². The molecule has 0 bridgehead atoms. The fourth-order valence-corrected chi connectivity index (χ4v) is 3.41. The Bertz CT molecular complexity index is 992. The van der Waals surface area contributed by atoms with Gasteiger partial charge >= 0.3 is 0 Å². The summed E-state index contributed by atoms with van der Waals surface area (Å²) in [6.45, 7) is 2.90. The van der Waals surface area contributed by atoms with Crippen LogP contribution in [-0.2, 0) is 0 Å². The van der Waals surface area contributed by atoms with Crippen LogP contribution in [0.25, 0.3) is 0 Å². The van der Waals surface area contributed by atoms with Gasteiger partial charge in [0.05, 0.1) is 0 Å². The van der Waals surface area contributed by atoms with Gasteiger partial charge in [-0.05, 0) is 31.5 Å². The van der Waals surface area contributed by atoms with Crippen LogP contribution in [0, 0.1) is 6.92 Å². The Morgan fingerprint density at radius 1 is 1.07 bits per heavy atom. The summed E-state index contributed by atoms with van der Waals surface area (Å²) in [6.07, 6.45) is 3.37. The number of nitrogens with zero attached hydrogens (tertiary/aromatic N) is 6. The molecule has 4 rings (SSSR count). The first-order valence-corrected chi connectivity index (χ1v) is 9.35. The van der Waals surface area contributed by atoms with E-state index in [1.54, 1.807) is 34.9 Å². The highest BCUT2D eigenvalue weighted by Gasteiger charge is 2.34. The van der Waals surface area contributed by atoms with Gasteiger partial charge in [-0.1, -0.05) is 23.4 Å². The van der Waals surface area contributed by atoms with Crippen molar-refractivity contribution in [1.29, 1.82) is 0 Å². The van der Waals surface area contributed by atoms with Gasteiger partial charge in [0.15, 0.2) is 5.82 Å². The molecule has 9 nitrogen and oxygen atoms in total. The molecule has 1 saturated heterocycles. The van der Waals surface area contributed by atoms with E-state index in [9.17, 15) is 9.59 Å². The molecule has 0 radical (unpaired) electrons. The second-order valence-electron chi connectivity index (χ2n) is 6.74. The summed E-state index contributed by atoms with van der Waals surface area (Å²) in [5, 5.41) is 3.87. The van der Waals surface area contributed by atoms with E-state index in [1.165, 1.54) is 12.5 Å². The molecule has 0 aliphatic carbocycles. The van der Waals surface area contributed by atoms with Crippen LogP contribution in [0.15, 0.2) is 53.4 Å². The quantitative estimate of drug-likeness (QED) is 0.670. The highest BCUT2D eigenvalue weighted by molar-refractivity contribution is 5.95. The van der Waals surface area contributed by atoms with Gasteiger partial charge in [0, 0.05) is 31.4 Å². The fourth-order valence-electron chi connectivity index (χ4n) is 3.41. The molecule has 1 aliphatic rings. The first-order valence-electron chi connectivity index (χ1n) is 9.35. The zero-order chi connectivity index (χ0) is 20.2. The smallest absolute Gasteiger partial charge is 0.272 e. The number of aryl methyl sites for hydroxylation is 1. The number of rotatable bonds is 3. The number of amides is 2. The van der Waals surface area contributed by atoms with Crippen LogP contribution in [0.4, 0.5) is 0 Å². The van der Waals surface area contributed by atoms with Crippen molar-refractivity contribution < 1.29 is 14.1 Å². The molecule has 148 valence electrons. The highest BCUT2D eigenvalue weighted by Crippen LogP contribution is 2.28. The maximum atomic E-state index is 13.2. The summed E-state index contributed by atoms with van der Waals surface area (Å²) in [4.78, 5) is 41.7. The maximum absolute atomic E-state index is 13.2. The maximum Gasteiger partial charge on any atom is 0.272 e. The molecule has 0 saturated carbocycles. The molecule has 3 aromatic rings. The number of aromatic nitrogens is 4. The minimum absolute atomic E-state index is 0.136. The normalized spacial score (nSPS) is 17.1. The third-order valence-electron chi connectivity index (χ3n) is 4.86. The van der Waals surface area contributed by atoms with Gasteiger partial charge in [0.1, 0.15) is 18.1 Å². The third-order valence-corrected chi connectivity index (χ3v) is 4.86. The average molecular weight is 392 g/mol. The van der Waals surface area contributed by atoms with Crippen LogP contribution in [0.1, 0.15) is 45.0 Å². The molecule has 1 atom stereocenters. The molecule has 2 aromatic heterocycles. The van der Waals surface area contributed by atoms with Crippen LogP contribution in [0.5, 0.6) is 0 Å². The van der Waals surface area contributed by atoms with Crippen LogP contribution >= 0.6 is 0 Å². The van der Waals surface area contributed by atoms with Crippen molar-refractivity contribution in [2.45, 2.75) is 19.4 Å². The van der Waals surface area contributed by atoms with Gasteiger partial charge < -0.3 is 14.3 Å². The Morgan fingerprint density at radius 2 is 1.90 bits per heavy atom. The summed E-state index contributed by atoms with van der Waals surface area (Å²) in [6, 6.07) is 10.2. The fraction of sp³-hybridized carbons (Fsp3) is 0.300. The van der Waals surface area contributed by atoms with Gasteiger partial charge in [0.25, 0.3) is 11.8 Å². The Balaban J connectivity index is 1.61. The topological polar surface area (TPSA) is 105 Å². The third kappa shape index (κ3) is 3.98. The zero-order valence-electron chi connectivity index (χ0n) is 15.9. The Kier molecular flexibility index (Phi) is 5.28. The molecule has 0 spiro atoms. The Labute approximate surface area is 167 Å². The van der Waals surface area contributed by atoms with Crippen molar-refractivity contribution in [3.63, 3.8) is 0 Å². The predicted octanol–water partition coefficient (Wildman–Crippen LogP) is 1.90. The summed E-state index contributed by atoms with van der Waals surface area (Å²) in [7, 11) is 0. The summed E-state index contributed by atoms with van der Waals surface area (Å²) >= 11 is 0. The molecule has 1 aromatic carbocycles. The van der Waals surface area contributed by atoms with Gasteiger partial charge in [-0.25, -0.2) is 9.97 Å². The number of benzene rings is 1. The summed E-state index contributed by atoms with van der Waals surface area (Å²) < 4.78 is 5.38. The van der Waals surface area contributed by atoms with Gasteiger partial charge in [-0.2, -0.15) is 4.98 Å². The van der Waals surface area contributed by atoms with Crippen molar-refractivity contribution in [2.24, 2.45) is 0 Å². The molecule has 1 unspecified atom stereocenters. The molecule has 29 heavy (non-hydrogen) atoms. The molecule has 0 N–H and O–H groups in total. The molecule has 1 aliphatic heterocycles. The lowest BCUT2D eigenvalue weighted by Gasteiger charge is -2.27. The number of carbonyl (C=O) groups is 2. The molecule has 3 heterocycles. The lowest BCUT2D eigenvalue weighted by Crippen LogP contribution is -2.38. The van der Waals surface area contributed by atoms with E-state index < -0.39 is 6.04 Å². The summed E-state index contributed by atoms with van der Waals surface area (Å²) in [5.41, 5.74) is 0.900. The van der Waals surface area contributed by atoms with Crippen molar-refractivity contribution in [2.75, 3.05) is 19.6 Å². The first-order chi connectivity index (χ1) is 14.1. The molecular weight excluding hydrogens is 372 g/mol. The number of hydrogen-bond donors (Lipinski definition) is 0. The van der Waals surface area contributed by atoms with E-state index >= 15 is 0 Å². The van der Waals surface area contributed by atoms with Crippen molar-refractivity contribution in [1.82, 2.24) is 29.9 Å². The second-order valence-corrected chi connectivity index (χ2v) is 6.74. The van der Waals surface area contributed by atoms with Crippen LogP contribution in [0.3, 0.4) is 0 Å². The van der Waals surface area contributed by atoms with Crippen LogP contribution in [-0.4, -0.2) is 61.4 Å². The van der Waals surface area contributed by atoms with E-state index in [1.807, 2.05) is 18.2 Å². The number of hydrogen-bond acceptors (Lipinski definition) is 7. The molecule has 1 fully saturated rings. The lowest BCUT2D eigenvalue weighted by atomic mass is 10.1. The van der Waals surface area contributed by atoms with Crippen LogP contribution in [0.2, 0.25) is 0 Å². The number of carbonyl (C=O) groups excluding carboxylic acids is 2. The van der Waals surface area contributed by atoms with E-state index in [4.69, 9.17) is 4.52 Å². The van der Waals surface area contributed by atoms with E-state index in [0.717, 1.165) is 0 Å². The second kappa shape index (κ2) is 8.17. The Hall–Kier alpha value is -3.62. The van der Waals surface area contributed by atoms with Gasteiger partial charge in [0.2, 0.25) is 5.89 Å². The lowest BCUT2D eigenvalue weighted by molar-refractivity contribution is 0.0641. The largest absolute Gasteiger partial charge is 0.337 e. The SMILES string of the molecule is Cc1noc(C2CCN(C(=O)c3ccncn3)CCN2C(=O)c2ccccc2)n1. The van der Waals surface area contributed by atoms with E-state index in [2.05, 4.69) is 20.1 Å². The monoisotopic (exact) mass is 392 g/mol. The van der Waals surface area contributed by atoms with Crippen molar-refractivity contribution >= 4 is 11.8 Å². The predicted molar refractivity (Wildman–Crippen MR) is 102 cm³/mol. The standard InChI is InChI=1S/C20H20N6O3/c1-14-23-18(29-24-14)17-8-10-25(20(28)16-7-9-21-13-22-16)11-12-26(17)19(27)15-5-3-2-4-6-15/h2-7,9,13,17H,8,10-12H2,1H3. The average Bonchev–Trinajstić information content (AvgIpc) is 3.07. The molecule has 9 heteroatoms. The van der Waals surface area contributed by atoms with Crippen molar-refractivity contribution in [3.8, 4) is 0 Å². The molecule has 2 amide bonds.